The summed E-state index contributed by atoms with van der Waals surface area (Å²) >= 11 is 12.1. The van der Waals surface area contributed by atoms with Gasteiger partial charge in [-0.1, -0.05) is 59.6 Å². The molecule has 0 atom stereocenters. The van der Waals surface area contributed by atoms with Crippen LogP contribution in [-0.2, 0) is 23.2 Å². The number of ether oxygens (including phenoxy) is 3. The molecule has 31 heavy (non-hydrogen) atoms. The van der Waals surface area contributed by atoms with Crippen molar-refractivity contribution in [1.82, 2.24) is 4.31 Å². The van der Waals surface area contributed by atoms with E-state index >= 15 is 0 Å². The third kappa shape index (κ3) is 4.60. The van der Waals surface area contributed by atoms with Crippen molar-refractivity contribution in [2.24, 2.45) is 0 Å². The van der Waals surface area contributed by atoms with Gasteiger partial charge in [0.2, 0.25) is 10.0 Å². The highest BCUT2D eigenvalue weighted by atomic mass is 35.5. The third-order valence-corrected chi connectivity index (χ3v) is 7.04. The summed E-state index contributed by atoms with van der Waals surface area (Å²) in [5, 5.41) is 0.381. The molecule has 0 aliphatic carbocycles. The van der Waals surface area contributed by atoms with E-state index in [0.717, 1.165) is 5.56 Å². The molecule has 0 fully saturated rings. The standard InChI is InChI=1S/C22H19Cl2NO5S/c1-28-20-9-16(7-8-19(20)29-13-15-5-3-2-4-6-15)12-25-14-30-22-18(24)10-17(23)11-21(22)31(25,26)27/h2-11H,12-14H2,1H3. The van der Waals surface area contributed by atoms with Gasteiger partial charge in [-0.3, -0.25) is 0 Å². The topological polar surface area (TPSA) is 65.1 Å². The second kappa shape index (κ2) is 8.96. The van der Waals surface area contributed by atoms with Gasteiger partial charge in [0.15, 0.2) is 24.0 Å². The number of hydrogen-bond acceptors (Lipinski definition) is 5. The van der Waals surface area contributed by atoms with Crippen LogP contribution in [0.4, 0.5) is 0 Å². The molecule has 6 nitrogen and oxygen atoms in total. The summed E-state index contributed by atoms with van der Waals surface area (Å²) in [6, 6.07) is 17.9. The normalized spacial score (nSPS) is 15.1. The zero-order valence-electron chi connectivity index (χ0n) is 16.5. The fourth-order valence-electron chi connectivity index (χ4n) is 3.21. The molecule has 0 amide bonds. The molecule has 4 rings (SSSR count). The minimum Gasteiger partial charge on any atom is -0.493 e. The number of fused-ring (bicyclic) bond motifs is 1. The van der Waals surface area contributed by atoms with E-state index in [9.17, 15) is 8.42 Å². The van der Waals surface area contributed by atoms with Crippen LogP contribution in [0, 0.1) is 0 Å². The van der Waals surface area contributed by atoms with Crippen molar-refractivity contribution in [3.05, 3.63) is 81.8 Å². The molecule has 1 aliphatic heterocycles. The maximum Gasteiger partial charge on any atom is 0.249 e. The predicted octanol–water partition coefficient (Wildman–Crippen LogP) is 5.12. The summed E-state index contributed by atoms with van der Waals surface area (Å²) in [6.45, 7) is 0.315. The first kappa shape index (κ1) is 21.8. The van der Waals surface area contributed by atoms with Crippen molar-refractivity contribution in [3.8, 4) is 17.2 Å². The van der Waals surface area contributed by atoms with Crippen molar-refractivity contribution < 1.29 is 22.6 Å². The lowest BCUT2D eigenvalue weighted by molar-refractivity contribution is 0.178. The molecule has 0 saturated carbocycles. The minimum absolute atomic E-state index is 0.0500. The van der Waals surface area contributed by atoms with Crippen LogP contribution in [0.25, 0.3) is 0 Å². The van der Waals surface area contributed by atoms with E-state index in [0.29, 0.717) is 23.7 Å². The summed E-state index contributed by atoms with van der Waals surface area (Å²) in [5.74, 6) is 1.19. The zero-order valence-corrected chi connectivity index (χ0v) is 18.9. The quantitative estimate of drug-likeness (QED) is 0.490. The van der Waals surface area contributed by atoms with E-state index in [4.69, 9.17) is 37.4 Å². The Morgan fingerprint density at radius 3 is 2.52 bits per heavy atom. The maximum atomic E-state index is 13.1. The number of hydrogen-bond donors (Lipinski definition) is 0. The molecule has 1 heterocycles. The van der Waals surface area contributed by atoms with Gasteiger partial charge < -0.3 is 14.2 Å². The molecule has 0 aromatic heterocycles. The Labute approximate surface area is 190 Å². The van der Waals surface area contributed by atoms with Gasteiger partial charge in [0.05, 0.1) is 12.1 Å². The van der Waals surface area contributed by atoms with E-state index < -0.39 is 10.0 Å². The fraction of sp³-hybridized carbons (Fsp3) is 0.182. The van der Waals surface area contributed by atoms with Gasteiger partial charge in [0.1, 0.15) is 11.5 Å². The monoisotopic (exact) mass is 479 g/mol. The van der Waals surface area contributed by atoms with Gasteiger partial charge in [-0.15, -0.1) is 0 Å². The third-order valence-electron chi connectivity index (χ3n) is 4.77. The minimum atomic E-state index is -3.83. The molecule has 0 saturated heterocycles. The van der Waals surface area contributed by atoms with E-state index in [1.54, 1.807) is 18.2 Å². The molecule has 0 bridgehead atoms. The number of rotatable bonds is 6. The summed E-state index contributed by atoms with van der Waals surface area (Å²) < 4.78 is 44.2. The highest BCUT2D eigenvalue weighted by molar-refractivity contribution is 7.89. The number of nitrogens with zero attached hydrogens (tertiary/aromatic N) is 1. The zero-order chi connectivity index (χ0) is 22.0. The highest BCUT2D eigenvalue weighted by Crippen LogP contribution is 2.40. The molecule has 0 unspecified atom stereocenters. The number of benzene rings is 3. The van der Waals surface area contributed by atoms with Crippen LogP contribution in [0.2, 0.25) is 10.0 Å². The molecule has 162 valence electrons. The summed E-state index contributed by atoms with van der Waals surface area (Å²) in [7, 11) is -2.30. The van der Waals surface area contributed by atoms with Crippen LogP contribution < -0.4 is 14.2 Å². The van der Waals surface area contributed by atoms with Crippen molar-refractivity contribution in [3.63, 3.8) is 0 Å². The first-order chi connectivity index (χ1) is 14.9. The van der Waals surface area contributed by atoms with Gasteiger partial charge in [-0.2, -0.15) is 4.31 Å². The number of halogens is 2. The largest absolute Gasteiger partial charge is 0.493 e. The Kier molecular flexibility index (Phi) is 6.29. The Bertz CT molecular complexity index is 1200. The average molecular weight is 480 g/mol. The van der Waals surface area contributed by atoms with E-state index in [1.807, 2.05) is 30.3 Å². The summed E-state index contributed by atoms with van der Waals surface area (Å²) in [6.07, 6.45) is 0. The number of methoxy groups -OCH3 is 1. The Balaban J connectivity index is 1.54. The molecule has 3 aromatic rings. The Morgan fingerprint density at radius 2 is 1.77 bits per heavy atom. The van der Waals surface area contributed by atoms with E-state index in [2.05, 4.69) is 0 Å². The van der Waals surface area contributed by atoms with Gasteiger partial charge in [0, 0.05) is 11.6 Å². The first-order valence-corrected chi connectivity index (χ1v) is 11.5. The van der Waals surface area contributed by atoms with Crippen LogP contribution >= 0.6 is 23.2 Å². The van der Waals surface area contributed by atoms with Crippen LogP contribution in [0.15, 0.2) is 65.6 Å². The highest BCUT2D eigenvalue weighted by Gasteiger charge is 2.35. The molecule has 0 radical (unpaired) electrons. The van der Waals surface area contributed by atoms with Gasteiger partial charge in [-0.05, 0) is 35.4 Å². The van der Waals surface area contributed by atoms with Crippen LogP contribution in [0.1, 0.15) is 11.1 Å². The second-order valence-corrected chi connectivity index (χ2v) is 9.61. The lowest BCUT2D eigenvalue weighted by Gasteiger charge is -2.29. The predicted molar refractivity (Wildman–Crippen MR) is 118 cm³/mol. The first-order valence-electron chi connectivity index (χ1n) is 9.34. The lowest BCUT2D eigenvalue weighted by Crippen LogP contribution is -2.38. The van der Waals surface area contributed by atoms with Gasteiger partial charge in [0.25, 0.3) is 0 Å². The Morgan fingerprint density at radius 1 is 1.00 bits per heavy atom. The lowest BCUT2D eigenvalue weighted by atomic mass is 10.2. The van der Waals surface area contributed by atoms with E-state index in [-0.39, 0.29) is 34.0 Å². The smallest absolute Gasteiger partial charge is 0.249 e. The fourth-order valence-corrected chi connectivity index (χ4v) is 5.35. The second-order valence-electron chi connectivity index (χ2n) is 6.86. The Hall–Kier alpha value is -2.45. The molecule has 1 aliphatic rings. The van der Waals surface area contributed by atoms with Crippen molar-refractivity contribution in [2.45, 2.75) is 18.0 Å². The molecule has 3 aromatic carbocycles. The van der Waals surface area contributed by atoms with Crippen molar-refractivity contribution in [1.29, 1.82) is 0 Å². The van der Waals surface area contributed by atoms with E-state index in [1.165, 1.54) is 23.5 Å². The van der Waals surface area contributed by atoms with Crippen LogP contribution in [0.5, 0.6) is 17.2 Å². The number of sulfonamides is 1. The van der Waals surface area contributed by atoms with Crippen molar-refractivity contribution >= 4 is 33.2 Å². The molecule has 0 N–H and O–H groups in total. The maximum absolute atomic E-state index is 13.1. The van der Waals surface area contributed by atoms with Crippen LogP contribution in [0.3, 0.4) is 0 Å². The van der Waals surface area contributed by atoms with Gasteiger partial charge in [-0.25, -0.2) is 8.42 Å². The van der Waals surface area contributed by atoms with Crippen LogP contribution in [-0.4, -0.2) is 26.6 Å². The van der Waals surface area contributed by atoms with Crippen molar-refractivity contribution in [2.75, 3.05) is 13.8 Å². The SMILES string of the molecule is COc1cc(CN2COc3c(Cl)cc(Cl)cc3S2(=O)=O)ccc1OCc1ccccc1. The average Bonchev–Trinajstić information content (AvgIpc) is 2.76. The molecular formula is C22H19Cl2NO5S. The molecular weight excluding hydrogens is 461 g/mol. The summed E-state index contributed by atoms with van der Waals surface area (Å²) in [5.41, 5.74) is 1.74. The molecule has 9 heteroatoms. The summed E-state index contributed by atoms with van der Waals surface area (Å²) in [4.78, 5) is -0.0500. The van der Waals surface area contributed by atoms with Gasteiger partial charge >= 0.3 is 0 Å². The molecule has 0 spiro atoms.